The van der Waals surface area contributed by atoms with Crippen LogP contribution >= 0.6 is 15.9 Å². The van der Waals surface area contributed by atoms with E-state index in [9.17, 15) is 13.2 Å². The SMILES string of the molecule is CCC(CC)NS(=O)(=O)c1cc(C(=O)O)oc1Br. The van der Waals surface area contributed by atoms with Gasteiger partial charge in [0.15, 0.2) is 4.67 Å². The Morgan fingerprint density at radius 2 is 2.06 bits per heavy atom. The van der Waals surface area contributed by atoms with Crippen molar-refractivity contribution < 1.29 is 22.7 Å². The molecule has 8 heteroatoms. The average Bonchev–Trinajstić information content (AvgIpc) is 2.69. The van der Waals surface area contributed by atoms with Crippen LogP contribution in [0.25, 0.3) is 0 Å². The van der Waals surface area contributed by atoms with Gasteiger partial charge in [0.25, 0.3) is 0 Å². The first-order valence-corrected chi connectivity index (χ1v) is 7.64. The highest BCUT2D eigenvalue weighted by atomic mass is 79.9. The number of rotatable bonds is 6. The van der Waals surface area contributed by atoms with Gasteiger partial charge in [-0.15, -0.1) is 0 Å². The molecular formula is C10H14BrNO5S. The van der Waals surface area contributed by atoms with Crippen LogP contribution in [0.5, 0.6) is 0 Å². The molecule has 0 aliphatic rings. The molecule has 0 aliphatic carbocycles. The minimum atomic E-state index is -3.78. The zero-order valence-corrected chi connectivity index (χ0v) is 12.3. The molecule has 0 saturated carbocycles. The molecule has 1 aromatic heterocycles. The molecule has 0 aliphatic heterocycles. The van der Waals surface area contributed by atoms with Gasteiger partial charge in [-0.2, -0.15) is 0 Å². The van der Waals surface area contributed by atoms with Gasteiger partial charge >= 0.3 is 5.97 Å². The van der Waals surface area contributed by atoms with E-state index in [1.54, 1.807) is 0 Å². The van der Waals surface area contributed by atoms with Gasteiger partial charge in [-0.1, -0.05) is 13.8 Å². The summed E-state index contributed by atoms with van der Waals surface area (Å²) in [7, 11) is -3.78. The lowest BCUT2D eigenvalue weighted by Crippen LogP contribution is -2.33. The molecule has 0 radical (unpaired) electrons. The van der Waals surface area contributed by atoms with Gasteiger partial charge in [0.05, 0.1) is 0 Å². The van der Waals surface area contributed by atoms with E-state index in [-0.39, 0.29) is 15.6 Å². The van der Waals surface area contributed by atoms with Crippen molar-refractivity contribution in [2.75, 3.05) is 0 Å². The lowest BCUT2D eigenvalue weighted by Gasteiger charge is -2.13. The highest BCUT2D eigenvalue weighted by Gasteiger charge is 2.26. The van der Waals surface area contributed by atoms with Crippen molar-refractivity contribution in [3.8, 4) is 0 Å². The quantitative estimate of drug-likeness (QED) is 0.828. The third-order valence-electron chi connectivity index (χ3n) is 2.46. The van der Waals surface area contributed by atoms with Gasteiger partial charge < -0.3 is 9.52 Å². The predicted molar refractivity (Wildman–Crippen MR) is 68.1 cm³/mol. The smallest absolute Gasteiger partial charge is 0.371 e. The third kappa shape index (κ3) is 3.33. The van der Waals surface area contributed by atoms with Crippen molar-refractivity contribution in [3.63, 3.8) is 0 Å². The first-order chi connectivity index (χ1) is 8.31. The summed E-state index contributed by atoms with van der Waals surface area (Å²) in [6.07, 6.45) is 1.30. The molecule has 0 spiro atoms. The maximum Gasteiger partial charge on any atom is 0.371 e. The number of carboxylic acid groups (broad SMARTS) is 1. The van der Waals surface area contributed by atoms with Crippen LogP contribution in [0, 0.1) is 0 Å². The van der Waals surface area contributed by atoms with E-state index in [4.69, 9.17) is 9.52 Å². The standard InChI is InChI=1S/C10H14BrNO5S/c1-3-6(4-2)12-18(15,16)8-5-7(10(13)14)17-9(8)11/h5-6,12H,3-4H2,1-2H3,(H,13,14). The van der Waals surface area contributed by atoms with Crippen LogP contribution in [0.3, 0.4) is 0 Å². The maximum absolute atomic E-state index is 12.0. The number of furan rings is 1. The molecule has 1 rings (SSSR count). The topological polar surface area (TPSA) is 96.6 Å². The van der Waals surface area contributed by atoms with Crippen LogP contribution < -0.4 is 4.72 Å². The van der Waals surface area contributed by atoms with Crippen LogP contribution in [-0.2, 0) is 10.0 Å². The van der Waals surface area contributed by atoms with E-state index >= 15 is 0 Å². The molecule has 0 aromatic carbocycles. The van der Waals surface area contributed by atoms with Crippen molar-refractivity contribution in [3.05, 3.63) is 16.5 Å². The molecule has 2 N–H and O–H groups in total. The number of sulfonamides is 1. The van der Waals surface area contributed by atoms with Crippen LogP contribution in [0.15, 0.2) is 20.0 Å². The summed E-state index contributed by atoms with van der Waals surface area (Å²) in [5.74, 6) is -1.74. The minimum absolute atomic E-state index is 0.113. The van der Waals surface area contributed by atoms with Crippen molar-refractivity contribution in [1.29, 1.82) is 0 Å². The number of hydrogen-bond donors (Lipinski definition) is 2. The number of carbonyl (C=O) groups is 1. The third-order valence-corrected chi connectivity index (χ3v) is 4.84. The summed E-state index contributed by atoms with van der Waals surface area (Å²) in [5.41, 5.74) is 0. The summed E-state index contributed by atoms with van der Waals surface area (Å²) >= 11 is 2.91. The fraction of sp³-hybridized carbons (Fsp3) is 0.500. The van der Waals surface area contributed by atoms with Crippen molar-refractivity contribution in [1.82, 2.24) is 4.72 Å². The maximum atomic E-state index is 12.0. The lowest BCUT2D eigenvalue weighted by molar-refractivity contribution is 0.0661. The minimum Gasteiger partial charge on any atom is -0.475 e. The molecule has 1 heterocycles. The molecule has 0 bridgehead atoms. The summed E-state index contributed by atoms with van der Waals surface area (Å²) in [4.78, 5) is 10.5. The van der Waals surface area contributed by atoms with Gasteiger partial charge in [-0.25, -0.2) is 17.9 Å². The lowest BCUT2D eigenvalue weighted by atomic mass is 10.2. The van der Waals surface area contributed by atoms with Crippen molar-refractivity contribution >= 4 is 31.9 Å². The Hall–Kier alpha value is -0.860. The van der Waals surface area contributed by atoms with Crippen molar-refractivity contribution in [2.24, 2.45) is 0 Å². The zero-order chi connectivity index (χ0) is 13.9. The van der Waals surface area contributed by atoms with E-state index in [1.807, 2.05) is 13.8 Å². The Bertz CT molecular complexity index is 532. The highest BCUT2D eigenvalue weighted by molar-refractivity contribution is 9.10. The van der Waals surface area contributed by atoms with Crippen LogP contribution in [0.1, 0.15) is 37.2 Å². The first-order valence-electron chi connectivity index (χ1n) is 5.36. The van der Waals surface area contributed by atoms with Gasteiger partial charge in [0.1, 0.15) is 4.90 Å². The van der Waals surface area contributed by atoms with E-state index in [0.717, 1.165) is 6.07 Å². The second-order valence-corrected chi connectivity index (χ2v) is 6.09. The Kier molecular flexibility index (Phi) is 4.94. The van der Waals surface area contributed by atoms with Gasteiger partial charge in [0.2, 0.25) is 15.8 Å². The van der Waals surface area contributed by atoms with Gasteiger partial charge in [0, 0.05) is 12.1 Å². The molecule has 102 valence electrons. The Morgan fingerprint density at radius 1 is 1.50 bits per heavy atom. The van der Waals surface area contributed by atoms with Gasteiger partial charge in [-0.3, -0.25) is 0 Å². The molecule has 0 unspecified atom stereocenters. The second kappa shape index (κ2) is 5.85. The monoisotopic (exact) mass is 339 g/mol. The van der Waals surface area contributed by atoms with E-state index in [2.05, 4.69) is 20.7 Å². The molecule has 0 fully saturated rings. The predicted octanol–water partition coefficient (Wildman–Crippen LogP) is 2.21. The van der Waals surface area contributed by atoms with E-state index < -0.39 is 21.8 Å². The fourth-order valence-electron chi connectivity index (χ4n) is 1.38. The molecule has 1 aromatic rings. The molecule has 6 nitrogen and oxygen atoms in total. The summed E-state index contributed by atoms with van der Waals surface area (Å²) in [5, 5.41) is 8.73. The first kappa shape index (κ1) is 15.2. The Morgan fingerprint density at radius 3 is 2.44 bits per heavy atom. The molecule has 0 saturated heterocycles. The van der Waals surface area contributed by atoms with E-state index in [1.165, 1.54) is 0 Å². The normalized spacial score (nSPS) is 12.0. The number of hydrogen-bond acceptors (Lipinski definition) is 4. The molecule has 18 heavy (non-hydrogen) atoms. The van der Waals surface area contributed by atoms with Crippen LogP contribution in [0.4, 0.5) is 0 Å². The fourth-order valence-corrected chi connectivity index (χ4v) is 3.72. The Labute approximate surface area is 114 Å². The summed E-state index contributed by atoms with van der Waals surface area (Å²) in [6, 6.07) is 0.794. The number of aromatic carboxylic acids is 1. The van der Waals surface area contributed by atoms with Gasteiger partial charge in [-0.05, 0) is 28.8 Å². The summed E-state index contributed by atoms with van der Waals surface area (Å²) in [6.45, 7) is 3.73. The zero-order valence-electron chi connectivity index (χ0n) is 9.94. The average molecular weight is 340 g/mol. The van der Waals surface area contributed by atoms with Crippen LogP contribution in [-0.4, -0.2) is 25.5 Å². The number of nitrogens with one attached hydrogen (secondary N) is 1. The largest absolute Gasteiger partial charge is 0.475 e. The van der Waals surface area contributed by atoms with Crippen molar-refractivity contribution in [2.45, 2.75) is 37.6 Å². The second-order valence-electron chi connectivity index (χ2n) is 3.69. The molecular weight excluding hydrogens is 326 g/mol. The number of carboxylic acids is 1. The molecule has 0 atom stereocenters. The van der Waals surface area contributed by atoms with E-state index in [0.29, 0.717) is 12.8 Å². The van der Waals surface area contributed by atoms with Crippen LogP contribution in [0.2, 0.25) is 0 Å². The molecule has 0 amide bonds. The number of halogens is 1. The Balaban J connectivity index is 3.09. The highest BCUT2D eigenvalue weighted by Crippen LogP contribution is 2.26. The summed E-state index contributed by atoms with van der Waals surface area (Å²) < 4.78 is 31.2.